The van der Waals surface area contributed by atoms with E-state index in [9.17, 15) is 9.59 Å². The Morgan fingerprint density at radius 1 is 1.00 bits per heavy atom. The van der Waals surface area contributed by atoms with E-state index in [0.29, 0.717) is 23.1 Å². The zero-order valence-electron chi connectivity index (χ0n) is 19.1. The molecule has 1 amide bonds. The monoisotopic (exact) mass is 548 g/mol. The number of benzene rings is 3. The molecule has 0 bridgehead atoms. The van der Waals surface area contributed by atoms with Crippen molar-refractivity contribution >= 4 is 64.1 Å². The number of thioether (sulfide) groups is 1. The van der Waals surface area contributed by atoms with Crippen molar-refractivity contribution in [2.24, 2.45) is 0 Å². The van der Waals surface area contributed by atoms with Crippen molar-refractivity contribution in [1.82, 2.24) is 4.90 Å². The van der Waals surface area contributed by atoms with Gasteiger partial charge in [0.1, 0.15) is 0 Å². The number of ether oxygens (including phenoxy) is 1. The van der Waals surface area contributed by atoms with Gasteiger partial charge in [0.15, 0.2) is 6.10 Å². The molecule has 0 fully saturated rings. The number of nitrogens with zero attached hydrogens (tertiary/aromatic N) is 2. The second kappa shape index (κ2) is 11.2. The molecule has 5 nitrogen and oxygen atoms in total. The van der Waals surface area contributed by atoms with Crippen LogP contribution in [0.4, 0.5) is 5.69 Å². The Balaban J connectivity index is 1.78. The maximum atomic E-state index is 14.0. The molecule has 2 atom stereocenters. The van der Waals surface area contributed by atoms with Crippen LogP contribution < -0.4 is 4.90 Å². The first-order valence-corrected chi connectivity index (χ1v) is 12.9. The fourth-order valence-electron chi connectivity index (χ4n) is 3.75. The Bertz CT molecular complexity index is 1240. The van der Waals surface area contributed by atoms with E-state index >= 15 is 0 Å². The Morgan fingerprint density at radius 3 is 2.37 bits per heavy atom. The predicted octanol–water partition coefficient (Wildman–Crippen LogP) is 6.61. The number of rotatable bonds is 6. The van der Waals surface area contributed by atoms with Gasteiger partial charge < -0.3 is 14.5 Å². The molecular formula is C26H23Cl3N2O3S. The van der Waals surface area contributed by atoms with Crippen LogP contribution in [0.5, 0.6) is 0 Å². The summed E-state index contributed by atoms with van der Waals surface area (Å²) in [4.78, 5) is 31.8. The van der Waals surface area contributed by atoms with Gasteiger partial charge in [-0.3, -0.25) is 4.79 Å². The van der Waals surface area contributed by atoms with Crippen LogP contribution in [0.3, 0.4) is 0 Å². The lowest BCUT2D eigenvalue weighted by atomic mass is 10.1. The van der Waals surface area contributed by atoms with E-state index in [2.05, 4.69) is 0 Å². The molecule has 0 spiro atoms. The Hall–Kier alpha value is -2.22. The smallest absolute Gasteiger partial charge is 0.340 e. The maximum absolute atomic E-state index is 14.0. The van der Waals surface area contributed by atoms with Crippen LogP contribution in [0.15, 0.2) is 71.6 Å². The fraction of sp³-hybridized carbons (Fsp3) is 0.231. The number of anilines is 1. The van der Waals surface area contributed by atoms with E-state index in [1.165, 1.54) is 23.9 Å². The Morgan fingerprint density at radius 2 is 1.69 bits per heavy atom. The van der Waals surface area contributed by atoms with Crippen LogP contribution in [0.1, 0.15) is 21.2 Å². The lowest BCUT2D eigenvalue weighted by Crippen LogP contribution is -2.45. The van der Waals surface area contributed by atoms with Crippen LogP contribution in [-0.4, -0.2) is 50.1 Å². The van der Waals surface area contributed by atoms with E-state index in [1.807, 2.05) is 55.4 Å². The Labute approximate surface area is 223 Å². The molecule has 3 aromatic rings. The summed E-state index contributed by atoms with van der Waals surface area (Å²) in [6.07, 6.45) is -1.10. The summed E-state index contributed by atoms with van der Waals surface area (Å²) in [6.45, 7) is 1.08. The van der Waals surface area contributed by atoms with Gasteiger partial charge in [0.2, 0.25) is 0 Å². The topological polar surface area (TPSA) is 49.9 Å². The van der Waals surface area contributed by atoms with Crippen molar-refractivity contribution in [3.63, 3.8) is 0 Å². The molecule has 1 heterocycles. The molecule has 3 aromatic carbocycles. The van der Waals surface area contributed by atoms with Crippen molar-refractivity contribution in [3.8, 4) is 0 Å². The quantitative estimate of drug-likeness (QED) is 0.324. The van der Waals surface area contributed by atoms with Gasteiger partial charge in [-0.25, -0.2) is 4.79 Å². The molecule has 0 radical (unpaired) electrons. The van der Waals surface area contributed by atoms with Gasteiger partial charge in [-0.1, -0.05) is 59.1 Å². The number of amides is 1. The second-order valence-electron chi connectivity index (χ2n) is 8.30. The van der Waals surface area contributed by atoms with Crippen molar-refractivity contribution < 1.29 is 14.3 Å². The van der Waals surface area contributed by atoms with Gasteiger partial charge in [-0.05, 0) is 62.1 Å². The predicted molar refractivity (Wildman–Crippen MR) is 143 cm³/mol. The lowest BCUT2D eigenvalue weighted by molar-refractivity contribution is -0.127. The summed E-state index contributed by atoms with van der Waals surface area (Å²) in [5.74, 6) is -0.995. The average Bonchev–Trinajstić information content (AvgIpc) is 2.93. The third-order valence-electron chi connectivity index (χ3n) is 5.55. The number of halogens is 3. The number of carbonyl (C=O) groups excluding carboxylic acids is 2. The molecule has 0 saturated carbocycles. The molecule has 182 valence electrons. The number of likely N-dealkylation sites (N-methyl/N-ethyl adjacent to an activating group) is 1. The van der Waals surface area contributed by atoms with Gasteiger partial charge in [0.05, 0.1) is 21.5 Å². The van der Waals surface area contributed by atoms with Crippen molar-refractivity contribution in [2.75, 3.05) is 32.1 Å². The first kappa shape index (κ1) is 25.9. The summed E-state index contributed by atoms with van der Waals surface area (Å²) >= 11 is 19.9. The third-order valence-corrected chi connectivity index (χ3v) is 7.72. The van der Waals surface area contributed by atoms with E-state index in [4.69, 9.17) is 39.5 Å². The van der Waals surface area contributed by atoms with Crippen molar-refractivity contribution in [2.45, 2.75) is 16.2 Å². The van der Waals surface area contributed by atoms with Crippen LogP contribution in [-0.2, 0) is 9.53 Å². The molecule has 0 saturated heterocycles. The number of esters is 1. The van der Waals surface area contributed by atoms with Crippen LogP contribution in [0, 0.1) is 0 Å². The second-order valence-corrected chi connectivity index (χ2v) is 10.8. The summed E-state index contributed by atoms with van der Waals surface area (Å²) in [5, 5.41) is 0.637. The highest BCUT2D eigenvalue weighted by Crippen LogP contribution is 2.47. The SMILES string of the molecule is CN(C)CCN1C(=O)[C@@H](OC(=O)c2ccc(Cl)cc2Cl)[C@@H](c2ccc(Cl)cc2)Sc2ccccc21. The first-order chi connectivity index (χ1) is 16.7. The van der Waals surface area contributed by atoms with Gasteiger partial charge in [-0.15, -0.1) is 11.8 Å². The molecule has 35 heavy (non-hydrogen) atoms. The van der Waals surface area contributed by atoms with Crippen LogP contribution in [0.2, 0.25) is 15.1 Å². The minimum absolute atomic E-state index is 0.144. The molecular weight excluding hydrogens is 527 g/mol. The molecule has 0 N–H and O–H groups in total. The minimum Gasteiger partial charge on any atom is -0.447 e. The lowest BCUT2D eigenvalue weighted by Gasteiger charge is -2.28. The van der Waals surface area contributed by atoms with E-state index < -0.39 is 17.3 Å². The summed E-state index contributed by atoms with van der Waals surface area (Å²) < 4.78 is 5.93. The summed E-state index contributed by atoms with van der Waals surface area (Å²) in [7, 11) is 3.89. The summed E-state index contributed by atoms with van der Waals surface area (Å²) in [6, 6.07) is 19.5. The average molecular weight is 550 g/mol. The number of hydrogen-bond acceptors (Lipinski definition) is 5. The maximum Gasteiger partial charge on any atom is 0.340 e. The van der Waals surface area contributed by atoms with Gasteiger partial charge in [0.25, 0.3) is 5.91 Å². The molecule has 1 aliphatic heterocycles. The number of fused-ring (bicyclic) bond motifs is 1. The van der Waals surface area contributed by atoms with Crippen molar-refractivity contribution in [3.05, 3.63) is 92.9 Å². The van der Waals surface area contributed by atoms with E-state index in [-0.39, 0.29) is 16.5 Å². The van der Waals surface area contributed by atoms with Crippen LogP contribution in [0.25, 0.3) is 0 Å². The van der Waals surface area contributed by atoms with Gasteiger partial charge >= 0.3 is 5.97 Å². The summed E-state index contributed by atoms with van der Waals surface area (Å²) in [5.41, 5.74) is 1.74. The van der Waals surface area contributed by atoms with Gasteiger partial charge in [0, 0.05) is 28.0 Å². The highest BCUT2D eigenvalue weighted by Gasteiger charge is 2.41. The number of hydrogen-bond donors (Lipinski definition) is 0. The van der Waals surface area contributed by atoms with E-state index in [1.54, 1.807) is 23.1 Å². The normalized spacial score (nSPS) is 17.8. The van der Waals surface area contributed by atoms with Gasteiger partial charge in [-0.2, -0.15) is 0 Å². The van der Waals surface area contributed by atoms with E-state index in [0.717, 1.165) is 16.1 Å². The number of para-hydroxylation sites is 1. The zero-order valence-corrected chi connectivity index (χ0v) is 22.2. The minimum atomic E-state index is -1.10. The standard InChI is InChI=1S/C26H23Cl3N2O3S/c1-30(2)13-14-31-21-5-3-4-6-22(21)35-24(16-7-9-17(27)10-8-16)23(25(31)32)34-26(33)19-12-11-18(28)15-20(19)29/h3-12,15,23-24H,13-14H2,1-2H3/t23-,24+/m0/s1. The fourth-order valence-corrected chi connectivity index (χ4v) is 5.68. The molecule has 1 aliphatic rings. The molecule has 9 heteroatoms. The first-order valence-electron chi connectivity index (χ1n) is 10.9. The molecule has 0 aromatic heterocycles. The third kappa shape index (κ3) is 5.96. The largest absolute Gasteiger partial charge is 0.447 e. The zero-order chi connectivity index (χ0) is 25.1. The Kier molecular flexibility index (Phi) is 8.30. The highest BCUT2D eigenvalue weighted by molar-refractivity contribution is 7.99. The highest BCUT2D eigenvalue weighted by atomic mass is 35.5. The molecule has 0 aliphatic carbocycles. The number of carbonyl (C=O) groups is 2. The van der Waals surface area contributed by atoms with Crippen molar-refractivity contribution in [1.29, 1.82) is 0 Å². The molecule has 4 rings (SSSR count). The van der Waals surface area contributed by atoms with Crippen LogP contribution >= 0.6 is 46.6 Å². The molecule has 0 unspecified atom stereocenters.